The molecule has 0 spiro atoms. The van der Waals surface area contributed by atoms with E-state index < -0.39 is 0 Å². The Kier molecular flexibility index (Phi) is 2.51. The summed E-state index contributed by atoms with van der Waals surface area (Å²) in [6.45, 7) is 2.59. The Balaban J connectivity index is 2.55. The van der Waals surface area contributed by atoms with Gasteiger partial charge in [-0.3, -0.25) is 5.43 Å². The molecule has 0 fully saturated rings. The highest BCUT2D eigenvalue weighted by atomic mass is 32.1. The second kappa shape index (κ2) is 3.81. The topological polar surface area (TPSA) is 60.2 Å². The summed E-state index contributed by atoms with van der Waals surface area (Å²) in [5.74, 6) is 6.10. The SMILES string of the molecule is CCOc1cccc2sc(NN)nc12. The fraction of sp³-hybridized carbons (Fsp3) is 0.222. The zero-order valence-corrected chi connectivity index (χ0v) is 8.60. The number of nitrogens with two attached hydrogens (primary N) is 1. The van der Waals surface area contributed by atoms with E-state index in [1.165, 1.54) is 11.3 Å². The lowest BCUT2D eigenvalue weighted by molar-refractivity contribution is 0.344. The molecule has 2 rings (SSSR count). The van der Waals surface area contributed by atoms with Gasteiger partial charge < -0.3 is 4.74 Å². The van der Waals surface area contributed by atoms with Gasteiger partial charge in [-0.25, -0.2) is 10.8 Å². The Morgan fingerprint density at radius 1 is 1.57 bits per heavy atom. The van der Waals surface area contributed by atoms with Crippen molar-refractivity contribution in [3.05, 3.63) is 18.2 Å². The van der Waals surface area contributed by atoms with Crippen molar-refractivity contribution >= 4 is 26.7 Å². The van der Waals surface area contributed by atoms with Crippen LogP contribution in [0.4, 0.5) is 5.13 Å². The molecule has 0 aliphatic carbocycles. The molecular weight excluding hydrogens is 198 g/mol. The molecule has 0 amide bonds. The van der Waals surface area contributed by atoms with Gasteiger partial charge >= 0.3 is 0 Å². The van der Waals surface area contributed by atoms with E-state index in [1.807, 2.05) is 25.1 Å². The fourth-order valence-corrected chi connectivity index (χ4v) is 2.05. The van der Waals surface area contributed by atoms with Crippen LogP contribution in [0.1, 0.15) is 6.92 Å². The van der Waals surface area contributed by atoms with Crippen molar-refractivity contribution in [3.63, 3.8) is 0 Å². The highest BCUT2D eigenvalue weighted by Gasteiger charge is 2.07. The maximum atomic E-state index is 5.45. The predicted molar refractivity (Wildman–Crippen MR) is 58.6 cm³/mol. The van der Waals surface area contributed by atoms with Gasteiger partial charge in [0.25, 0.3) is 0 Å². The van der Waals surface area contributed by atoms with Crippen LogP contribution in [0.25, 0.3) is 10.2 Å². The number of nitrogen functional groups attached to an aromatic ring is 1. The van der Waals surface area contributed by atoms with E-state index in [9.17, 15) is 0 Å². The number of nitrogens with one attached hydrogen (secondary N) is 1. The number of fused-ring (bicyclic) bond motifs is 1. The Labute approximate surface area is 85.7 Å². The number of aromatic nitrogens is 1. The first-order chi connectivity index (χ1) is 6.85. The molecule has 0 aliphatic rings. The molecule has 1 aromatic carbocycles. The van der Waals surface area contributed by atoms with Gasteiger partial charge in [-0.1, -0.05) is 17.4 Å². The maximum absolute atomic E-state index is 5.45. The first kappa shape index (κ1) is 9.23. The van der Waals surface area contributed by atoms with Crippen LogP contribution < -0.4 is 16.0 Å². The summed E-state index contributed by atoms with van der Waals surface area (Å²) in [5, 5.41) is 0.701. The lowest BCUT2D eigenvalue weighted by Gasteiger charge is -2.01. The van der Waals surface area contributed by atoms with Gasteiger partial charge in [-0.2, -0.15) is 0 Å². The van der Waals surface area contributed by atoms with Crippen LogP contribution in [0.2, 0.25) is 0 Å². The first-order valence-electron chi connectivity index (χ1n) is 4.34. The van der Waals surface area contributed by atoms with Gasteiger partial charge in [-0.05, 0) is 19.1 Å². The Bertz CT molecular complexity index is 441. The minimum atomic E-state index is 0.641. The molecule has 14 heavy (non-hydrogen) atoms. The highest BCUT2D eigenvalue weighted by molar-refractivity contribution is 7.22. The second-order valence-corrected chi connectivity index (χ2v) is 3.73. The van der Waals surface area contributed by atoms with E-state index in [4.69, 9.17) is 10.6 Å². The van der Waals surface area contributed by atoms with E-state index >= 15 is 0 Å². The lowest BCUT2D eigenvalue weighted by atomic mass is 10.3. The van der Waals surface area contributed by atoms with E-state index in [-0.39, 0.29) is 0 Å². The molecule has 3 N–H and O–H groups in total. The Morgan fingerprint density at radius 3 is 3.14 bits per heavy atom. The monoisotopic (exact) mass is 209 g/mol. The normalized spacial score (nSPS) is 10.4. The van der Waals surface area contributed by atoms with Crippen LogP contribution in [0.15, 0.2) is 18.2 Å². The molecular formula is C9H11N3OS. The minimum absolute atomic E-state index is 0.641. The Morgan fingerprint density at radius 2 is 2.43 bits per heavy atom. The largest absolute Gasteiger partial charge is 0.492 e. The second-order valence-electron chi connectivity index (χ2n) is 2.70. The average molecular weight is 209 g/mol. The molecule has 0 aliphatic heterocycles. The van der Waals surface area contributed by atoms with Crippen LogP contribution in [0.5, 0.6) is 5.75 Å². The predicted octanol–water partition coefficient (Wildman–Crippen LogP) is 1.98. The van der Waals surface area contributed by atoms with Crippen LogP contribution in [-0.4, -0.2) is 11.6 Å². The standard InChI is InChI=1S/C9H11N3OS/c1-2-13-6-4-3-5-7-8(6)11-9(12-10)14-7/h3-5H,2,10H2,1H3,(H,11,12). The third kappa shape index (κ3) is 1.51. The molecule has 1 heterocycles. The molecule has 5 heteroatoms. The van der Waals surface area contributed by atoms with Crippen LogP contribution in [-0.2, 0) is 0 Å². The van der Waals surface area contributed by atoms with Gasteiger partial charge in [0.05, 0.1) is 11.3 Å². The van der Waals surface area contributed by atoms with Crippen molar-refractivity contribution in [2.24, 2.45) is 5.84 Å². The van der Waals surface area contributed by atoms with Crippen LogP contribution >= 0.6 is 11.3 Å². The fourth-order valence-electron chi connectivity index (χ4n) is 1.26. The molecule has 0 radical (unpaired) electrons. The number of benzene rings is 1. The van der Waals surface area contributed by atoms with Gasteiger partial charge in [0, 0.05) is 0 Å². The van der Waals surface area contributed by atoms with E-state index in [2.05, 4.69) is 10.4 Å². The number of hydrogen-bond acceptors (Lipinski definition) is 5. The van der Waals surface area contributed by atoms with Crippen molar-refractivity contribution in [1.29, 1.82) is 0 Å². The molecule has 1 aromatic heterocycles. The molecule has 4 nitrogen and oxygen atoms in total. The quantitative estimate of drug-likeness (QED) is 0.599. The summed E-state index contributed by atoms with van der Waals surface area (Å²) in [7, 11) is 0. The van der Waals surface area contributed by atoms with Gasteiger partial charge in [0.1, 0.15) is 11.3 Å². The van der Waals surface area contributed by atoms with Gasteiger partial charge in [0.15, 0.2) is 5.13 Å². The van der Waals surface area contributed by atoms with E-state index in [1.54, 1.807) is 0 Å². The first-order valence-corrected chi connectivity index (χ1v) is 5.15. The van der Waals surface area contributed by atoms with Crippen molar-refractivity contribution in [3.8, 4) is 5.75 Å². The molecule has 0 atom stereocenters. The van der Waals surface area contributed by atoms with Crippen molar-refractivity contribution in [1.82, 2.24) is 4.98 Å². The van der Waals surface area contributed by atoms with Gasteiger partial charge in [0.2, 0.25) is 0 Å². The lowest BCUT2D eigenvalue weighted by Crippen LogP contribution is -2.05. The van der Waals surface area contributed by atoms with Crippen molar-refractivity contribution in [2.45, 2.75) is 6.92 Å². The van der Waals surface area contributed by atoms with Crippen molar-refractivity contribution < 1.29 is 4.74 Å². The third-order valence-corrected chi connectivity index (χ3v) is 2.76. The van der Waals surface area contributed by atoms with Gasteiger partial charge in [-0.15, -0.1) is 0 Å². The summed E-state index contributed by atoms with van der Waals surface area (Å²) in [6.07, 6.45) is 0. The van der Waals surface area contributed by atoms with E-state index in [0.717, 1.165) is 16.0 Å². The smallest absolute Gasteiger partial charge is 0.198 e. The average Bonchev–Trinajstić information content (AvgIpc) is 2.62. The van der Waals surface area contributed by atoms with Crippen molar-refractivity contribution in [2.75, 3.05) is 12.0 Å². The molecule has 0 saturated carbocycles. The Hall–Kier alpha value is -1.33. The number of anilines is 1. The summed E-state index contributed by atoms with van der Waals surface area (Å²) in [6, 6.07) is 5.86. The van der Waals surface area contributed by atoms with Crippen LogP contribution in [0, 0.1) is 0 Å². The number of rotatable bonds is 3. The summed E-state index contributed by atoms with van der Waals surface area (Å²) >= 11 is 1.51. The summed E-state index contributed by atoms with van der Waals surface area (Å²) < 4.78 is 6.53. The van der Waals surface area contributed by atoms with E-state index in [0.29, 0.717) is 11.7 Å². The zero-order chi connectivity index (χ0) is 9.97. The minimum Gasteiger partial charge on any atom is -0.492 e. The number of hydrazine groups is 1. The number of thiazole rings is 1. The molecule has 0 unspecified atom stereocenters. The number of ether oxygens (including phenoxy) is 1. The zero-order valence-electron chi connectivity index (χ0n) is 7.78. The summed E-state index contributed by atoms with van der Waals surface area (Å²) in [4.78, 5) is 4.31. The summed E-state index contributed by atoms with van der Waals surface area (Å²) in [5.41, 5.74) is 3.41. The third-order valence-electron chi connectivity index (χ3n) is 1.81. The molecule has 74 valence electrons. The maximum Gasteiger partial charge on any atom is 0.198 e. The highest BCUT2D eigenvalue weighted by Crippen LogP contribution is 2.31. The number of para-hydroxylation sites is 1. The number of nitrogens with zero attached hydrogens (tertiary/aromatic N) is 1. The number of hydrogen-bond donors (Lipinski definition) is 2. The molecule has 0 saturated heterocycles. The molecule has 0 bridgehead atoms. The van der Waals surface area contributed by atoms with Crippen LogP contribution in [0.3, 0.4) is 0 Å². The molecule has 2 aromatic rings.